The van der Waals surface area contributed by atoms with Crippen molar-refractivity contribution in [1.82, 2.24) is 4.98 Å². The summed E-state index contributed by atoms with van der Waals surface area (Å²) in [6, 6.07) is 6.76. The summed E-state index contributed by atoms with van der Waals surface area (Å²) in [7, 11) is 0. The zero-order valence-electron chi connectivity index (χ0n) is 12.0. The van der Waals surface area contributed by atoms with Gasteiger partial charge < -0.3 is 4.90 Å². The van der Waals surface area contributed by atoms with Crippen molar-refractivity contribution in [3.05, 3.63) is 24.0 Å². The number of hydrogen-bond donors (Lipinski definition) is 0. The fourth-order valence-corrected chi connectivity index (χ4v) is 2.79. The van der Waals surface area contributed by atoms with Crippen molar-refractivity contribution in [2.45, 2.75) is 52.0 Å². The van der Waals surface area contributed by atoms with Gasteiger partial charge in [-0.15, -0.1) is 0 Å². The van der Waals surface area contributed by atoms with E-state index in [9.17, 15) is 0 Å². The molecule has 0 amide bonds. The molecule has 1 aromatic rings. The summed E-state index contributed by atoms with van der Waals surface area (Å²) in [4.78, 5) is 6.57. The predicted molar refractivity (Wildman–Crippen MR) is 78.0 cm³/mol. The Morgan fingerprint density at radius 1 is 1.42 bits per heavy atom. The van der Waals surface area contributed by atoms with Crippen molar-refractivity contribution in [3.63, 3.8) is 0 Å². The van der Waals surface area contributed by atoms with Gasteiger partial charge in [-0.2, -0.15) is 5.26 Å². The molecule has 1 saturated carbocycles. The number of rotatable bonds is 5. The second-order valence-electron chi connectivity index (χ2n) is 5.83. The summed E-state index contributed by atoms with van der Waals surface area (Å²) in [5.74, 6) is 0.709. The van der Waals surface area contributed by atoms with E-state index in [1.807, 2.05) is 12.1 Å². The van der Waals surface area contributed by atoms with Gasteiger partial charge in [0.2, 0.25) is 0 Å². The molecule has 0 atom stereocenters. The fourth-order valence-electron chi connectivity index (χ4n) is 2.79. The molecule has 1 fully saturated rings. The second kappa shape index (κ2) is 6.56. The van der Waals surface area contributed by atoms with Gasteiger partial charge in [0.15, 0.2) is 0 Å². The van der Waals surface area contributed by atoms with Crippen LogP contribution in [0.2, 0.25) is 0 Å². The average molecular weight is 257 g/mol. The first kappa shape index (κ1) is 13.9. The third-order valence-electron chi connectivity index (χ3n) is 3.90. The van der Waals surface area contributed by atoms with Gasteiger partial charge in [0.05, 0.1) is 0 Å². The molecule has 3 nitrogen and oxygen atoms in total. The number of pyridine rings is 1. The highest BCUT2D eigenvalue weighted by molar-refractivity contribution is 5.49. The molecule has 0 aliphatic heterocycles. The van der Waals surface area contributed by atoms with Crippen LogP contribution in [0.15, 0.2) is 18.3 Å². The van der Waals surface area contributed by atoms with Crippen LogP contribution in [0.1, 0.15) is 51.6 Å². The fraction of sp³-hybridized carbons (Fsp3) is 0.625. The quantitative estimate of drug-likeness (QED) is 0.806. The average Bonchev–Trinajstić information content (AvgIpc) is 2.93. The number of nitriles is 1. The lowest BCUT2D eigenvalue weighted by Gasteiger charge is -2.32. The first-order chi connectivity index (χ1) is 9.20. The van der Waals surface area contributed by atoms with E-state index >= 15 is 0 Å². The molecule has 1 aliphatic rings. The second-order valence-corrected chi connectivity index (χ2v) is 5.83. The molecule has 102 valence electrons. The molecular formula is C16H23N3. The zero-order valence-corrected chi connectivity index (χ0v) is 12.0. The molecule has 1 aliphatic carbocycles. The van der Waals surface area contributed by atoms with Crippen LogP contribution in [0.4, 0.5) is 5.69 Å². The number of aromatic nitrogens is 1. The Morgan fingerprint density at radius 3 is 2.79 bits per heavy atom. The minimum absolute atomic E-state index is 0.519. The Balaban J connectivity index is 2.17. The van der Waals surface area contributed by atoms with Crippen LogP contribution in [0.5, 0.6) is 0 Å². The standard InChI is InChI=1S/C16H23N3/c1-13(2)8-10-19(15-5-3-4-6-15)16-7-9-18-14(11-16)12-17/h7,9,11,13,15H,3-6,8,10H2,1-2H3. The van der Waals surface area contributed by atoms with Crippen LogP contribution in [-0.4, -0.2) is 17.6 Å². The molecule has 0 aromatic carbocycles. The molecule has 0 unspecified atom stereocenters. The summed E-state index contributed by atoms with van der Waals surface area (Å²) in [6.07, 6.45) is 8.18. The molecule has 0 saturated heterocycles. The Hall–Kier alpha value is -1.56. The van der Waals surface area contributed by atoms with Crippen LogP contribution in [-0.2, 0) is 0 Å². The molecule has 0 bridgehead atoms. The Kier molecular flexibility index (Phi) is 4.79. The normalized spacial score (nSPS) is 15.7. The highest BCUT2D eigenvalue weighted by atomic mass is 15.2. The van der Waals surface area contributed by atoms with Gasteiger partial charge in [-0.1, -0.05) is 26.7 Å². The van der Waals surface area contributed by atoms with E-state index in [1.165, 1.54) is 37.8 Å². The Bertz CT molecular complexity index is 442. The summed E-state index contributed by atoms with van der Waals surface area (Å²) < 4.78 is 0. The van der Waals surface area contributed by atoms with E-state index < -0.39 is 0 Å². The molecule has 0 radical (unpaired) electrons. The van der Waals surface area contributed by atoms with Crippen molar-refractivity contribution in [2.24, 2.45) is 5.92 Å². The van der Waals surface area contributed by atoms with Crippen LogP contribution in [0.3, 0.4) is 0 Å². The van der Waals surface area contributed by atoms with Gasteiger partial charge in [0.1, 0.15) is 11.8 Å². The number of nitrogens with zero attached hydrogens (tertiary/aromatic N) is 3. The minimum atomic E-state index is 0.519. The van der Waals surface area contributed by atoms with Crippen LogP contribution >= 0.6 is 0 Å². The highest BCUT2D eigenvalue weighted by Crippen LogP contribution is 2.29. The van der Waals surface area contributed by atoms with E-state index in [0.29, 0.717) is 17.7 Å². The lowest BCUT2D eigenvalue weighted by molar-refractivity contribution is 0.528. The zero-order chi connectivity index (χ0) is 13.7. The van der Waals surface area contributed by atoms with Crippen molar-refractivity contribution < 1.29 is 0 Å². The molecule has 2 rings (SSSR count). The van der Waals surface area contributed by atoms with Gasteiger partial charge in [0, 0.05) is 24.5 Å². The van der Waals surface area contributed by atoms with E-state index in [2.05, 4.69) is 29.8 Å². The maximum Gasteiger partial charge on any atom is 0.142 e. The Morgan fingerprint density at radius 2 is 2.16 bits per heavy atom. The third kappa shape index (κ3) is 3.70. The van der Waals surface area contributed by atoms with Crippen molar-refractivity contribution in [1.29, 1.82) is 5.26 Å². The number of anilines is 1. The molecule has 0 N–H and O–H groups in total. The first-order valence-electron chi connectivity index (χ1n) is 7.33. The topological polar surface area (TPSA) is 39.9 Å². The maximum absolute atomic E-state index is 9.00. The SMILES string of the molecule is CC(C)CCN(c1ccnc(C#N)c1)C1CCCC1. The summed E-state index contributed by atoms with van der Waals surface area (Å²) in [5.41, 5.74) is 1.68. The molecular weight excluding hydrogens is 234 g/mol. The largest absolute Gasteiger partial charge is 0.368 e. The van der Waals surface area contributed by atoms with E-state index in [0.717, 1.165) is 6.54 Å². The van der Waals surface area contributed by atoms with Crippen LogP contribution in [0, 0.1) is 17.2 Å². The predicted octanol–water partition coefficient (Wildman–Crippen LogP) is 3.75. The summed E-state index contributed by atoms with van der Waals surface area (Å²) in [6.45, 7) is 5.61. The van der Waals surface area contributed by atoms with E-state index in [4.69, 9.17) is 5.26 Å². The monoisotopic (exact) mass is 257 g/mol. The van der Waals surface area contributed by atoms with Gasteiger partial charge in [-0.25, -0.2) is 4.98 Å². The van der Waals surface area contributed by atoms with Crippen LogP contribution in [0.25, 0.3) is 0 Å². The highest BCUT2D eigenvalue weighted by Gasteiger charge is 2.23. The molecule has 1 heterocycles. The Labute approximate surface area is 116 Å². The van der Waals surface area contributed by atoms with Crippen molar-refractivity contribution in [3.8, 4) is 6.07 Å². The number of hydrogen-bond acceptors (Lipinski definition) is 3. The van der Waals surface area contributed by atoms with E-state index in [1.54, 1.807) is 6.20 Å². The van der Waals surface area contributed by atoms with Gasteiger partial charge in [-0.3, -0.25) is 0 Å². The lowest BCUT2D eigenvalue weighted by Crippen LogP contribution is -2.34. The van der Waals surface area contributed by atoms with Gasteiger partial charge in [-0.05, 0) is 37.3 Å². The third-order valence-corrected chi connectivity index (χ3v) is 3.90. The molecule has 19 heavy (non-hydrogen) atoms. The van der Waals surface area contributed by atoms with Crippen molar-refractivity contribution >= 4 is 5.69 Å². The minimum Gasteiger partial charge on any atom is -0.368 e. The molecule has 3 heteroatoms. The molecule has 0 spiro atoms. The smallest absolute Gasteiger partial charge is 0.142 e. The lowest BCUT2D eigenvalue weighted by atomic mass is 10.1. The van der Waals surface area contributed by atoms with Crippen LogP contribution < -0.4 is 4.90 Å². The summed E-state index contributed by atoms with van der Waals surface area (Å²) >= 11 is 0. The van der Waals surface area contributed by atoms with Gasteiger partial charge >= 0.3 is 0 Å². The summed E-state index contributed by atoms with van der Waals surface area (Å²) in [5, 5.41) is 9.00. The maximum atomic E-state index is 9.00. The van der Waals surface area contributed by atoms with E-state index in [-0.39, 0.29) is 0 Å². The van der Waals surface area contributed by atoms with Gasteiger partial charge in [0.25, 0.3) is 0 Å². The van der Waals surface area contributed by atoms with Crippen molar-refractivity contribution in [2.75, 3.05) is 11.4 Å². The first-order valence-corrected chi connectivity index (χ1v) is 7.33. The molecule has 1 aromatic heterocycles.